The zero-order chi connectivity index (χ0) is 25.4. The lowest BCUT2D eigenvalue weighted by Crippen LogP contribution is -2.39. The predicted octanol–water partition coefficient (Wildman–Crippen LogP) is 6.10. The lowest BCUT2D eigenvalue weighted by molar-refractivity contribution is 0.240. The van der Waals surface area contributed by atoms with Gasteiger partial charge in [-0.25, -0.2) is 10.2 Å². The molecule has 1 aromatic heterocycles. The summed E-state index contributed by atoms with van der Waals surface area (Å²) in [5, 5.41) is 11.6. The molecular weight excluding hydrogens is 468 g/mol. The second-order valence-electron chi connectivity index (χ2n) is 9.43. The number of aromatic nitrogens is 2. The van der Waals surface area contributed by atoms with E-state index in [4.69, 9.17) is 10.1 Å². The molecule has 2 amide bonds. The number of hydrogen-bond acceptors (Lipinski definition) is 8. The predicted molar refractivity (Wildman–Crippen MR) is 143 cm³/mol. The first-order valence-electron chi connectivity index (χ1n) is 11.6. The van der Waals surface area contributed by atoms with Crippen LogP contribution in [0.2, 0.25) is 0 Å². The molecule has 188 valence electrons. The summed E-state index contributed by atoms with van der Waals surface area (Å²) in [6, 6.07) is 6.22. The largest absolute Gasteiger partial charge is 0.493 e. The number of urea groups is 1. The molecule has 0 saturated heterocycles. The SMILES string of the molecule is CCC(C)(C)c1ccc(OCCCNC(=O)NNc2nc(SC(C)=N)ns2)c(C(C)(C)CC)c1. The van der Waals surface area contributed by atoms with Gasteiger partial charge >= 0.3 is 6.03 Å². The van der Waals surface area contributed by atoms with Gasteiger partial charge in [-0.05, 0) is 60.4 Å². The van der Waals surface area contributed by atoms with Crippen LogP contribution in [-0.2, 0) is 10.8 Å². The molecule has 8 nitrogen and oxygen atoms in total. The maximum absolute atomic E-state index is 12.0. The molecule has 0 bridgehead atoms. The van der Waals surface area contributed by atoms with Crippen LogP contribution in [0.5, 0.6) is 5.75 Å². The molecule has 34 heavy (non-hydrogen) atoms. The summed E-state index contributed by atoms with van der Waals surface area (Å²) in [6.07, 6.45) is 2.77. The molecule has 1 heterocycles. The van der Waals surface area contributed by atoms with E-state index in [-0.39, 0.29) is 16.9 Å². The minimum atomic E-state index is -0.355. The molecule has 0 spiro atoms. The van der Waals surface area contributed by atoms with E-state index in [1.54, 1.807) is 6.92 Å². The number of hydrogen-bond donors (Lipinski definition) is 4. The van der Waals surface area contributed by atoms with Gasteiger partial charge in [-0.3, -0.25) is 10.8 Å². The van der Waals surface area contributed by atoms with Crippen molar-refractivity contribution < 1.29 is 9.53 Å². The number of nitrogens with one attached hydrogen (secondary N) is 4. The molecule has 2 rings (SSSR count). The highest BCUT2D eigenvalue weighted by Crippen LogP contribution is 2.38. The van der Waals surface area contributed by atoms with E-state index in [0.29, 0.717) is 34.9 Å². The number of rotatable bonds is 12. The summed E-state index contributed by atoms with van der Waals surface area (Å²) in [6.45, 7) is 16.1. The van der Waals surface area contributed by atoms with Crippen molar-refractivity contribution in [2.75, 3.05) is 18.6 Å². The molecule has 0 aliphatic rings. The highest BCUT2D eigenvalue weighted by molar-refractivity contribution is 8.13. The summed E-state index contributed by atoms with van der Waals surface area (Å²) in [5.74, 6) is 0.915. The first-order chi connectivity index (χ1) is 16.0. The Morgan fingerprint density at radius 2 is 1.88 bits per heavy atom. The number of carbonyl (C=O) groups excluding carboxylic acids is 1. The third-order valence-electron chi connectivity index (χ3n) is 6.06. The van der Waals surface area contributed by atoms with Gasteiger partial charge in [0.2, 0.25) is 10.3 Å². The smallest absolute Gasteiger partial charge is 0.333 e. The summed E-state index contributed by atoms with van der Waals surface area (Å²) < 4.78 is 10.3. The number of benzene rings is 1. The van der Waals surface area contributed by atoms with E-state index in [0.717, 1.165) is 30.1 Å². The van der Waals surface area contributed by atoms with E-state index >= 15 is 0 Å². The van der Waals surface area contributed by atoms with Crippen molar-refractivity contribution in [2.24, 2.45) is 0 Å². The van der Waals surface area contributed by atoms with E-state index in [9.17, 15) is 4.79 Å². The van der Waals surface area contributed by atoms with Crippen molar-refractivity contribution in [3.8, 4) is 5.75 Å². The molecule has 10 heteroatoms. The molecule has 2 aromatic rings. The third-order valence-corrected chi connectivity index (χ3v) is 7.47. The number of ether oxygens (including phenoxy) is 1. The fourth-order valence-corrected chi connectivity index (χ4v) is 4.21. The number of anilines is 1. The topological polar surface area (TPSA) is 112 Å². The Morgan fingerprint density at radius 3 is 2.53 bits per heavy atom. The molecule has 4 N–H and O–H groups in total. The number of amides is 2. The van der Waals surface area contributed by atoms with Gasteiger partial charge in [0.25, 0.3) is 0 Å². The van der Waals surface area contributed by atoms with Crippen molar-refractivity contribution in [1.82, 2.24) is 20.1 Å². The second-order valence-corrected chi connectivity index (χ2v) is 11.4. The van der Waals surface area contributed by atoms with Crippen LogP contribution in [0.1, 0.15) is 78.9 Å². The molecule has 0 unspecified atom stereocenters. The minimum absolute atomic E-state index is 0.0133. The Hall–Kier alpha value is -2.33. The zero-order valence-electron chi connectivity index (χ0n) is 21.3. The van der Waals surface area contributed by atoms with E-state index in [2.05, 4.69) is 85.3 Å². The summed E-state index contributed by atoms with van der Waals surface area (Å²) in [5.41, 5.74) is 7.97. The Labute approximate surface area is 211 Å². The molecule has 1 aromatic carbocycles. The summed E-state index contributed by atoms with van der Waals surface area (Å²) >= 11 is 2.29. The van der Waals surface area contributed by atoms with Crippen molar-refractivity contribution in [3.63, 3.8) is 0 Å². The minimum Gasteiger partial charge on any atom is -0.493 e. The Morgan fingerprint density at radius 1 is 1.18 bits per heavy atom. The molecule has 0 aliphatic carbocycles. The van der Waals surface area contributed by atoms with Crippen LogP contribution < -0.4 is 20.9 Å². The van der Waals surface area contributed by atoms with Crippen LogP contribution in [0.4, 0.5) is 9.93 Å². The molecule has 0 fully saturated rings. The van der Waals surface area contributed by atoms with Gasteiger partial charge in [0, 0.05) is 23.6 Å². The van der Waals surface area contributed by atoms with Crippen LogP contribution in [0.25, 0.3) is 0 Å². The number of hydrazine groups is 1. The summed E-state index contributed by atoms with van der Waals surface area (Å²) in [4.78, 5) is 16.2. The maximum atomic E-state index is 12.0. The van der Waals surface area contributed by atoms with Gasteiger partial charge in [0.15, 0.2) is 0 Å². The second kappa shape index (κ2) is 12.4. The Bertz CT molecular complexity index is 974. The van der Waals surface area contributed by atoms with Crippen molar-refractivity contribution >= 4 is 39.5 Å². The van der Waals surface area contributed by atoms with Crippen LogP contribution in [0.15, 0.2) is 23.4 Å². The van der Waals surface area contributed by atoms with Gasteiger partial charge < -0.3 is 10.1 Å². The molecule has 0 saturated carbocycles. The van der Waals surface area contributed by atoms with Gasteiger partial charge in [-0.2, -0.15) is 9.36 Å². The van der Waals surface area contributed by atoms with Crippen molar-refractivity contribution in [3.05, 3.63) is 29.3 Å². The first kappa shape index (κ1) is 27.9. The lowest BCUT2D eigenvalue weighted by Gasteiger charge is -2.30. The molecule has 0 radical (unpaired) electrons. The monoisotopic (exact) mass is 506 g/mol. The average Bonchev–Trinajstić information content (AvgIpc) is 3.23. The quantitative estimate of drug-likeness (QED) is 0.0910. The fraction of sp³-hybridized carbons (Fsp3) is 0.583. The Kier molecular flexibility index (Phi) is 10.2. The van der Waals surface area contributed by atoms with Gasteiger partial charge in [0.05, 0.1) is 11.7 Å². The third kappa shape index (κ3) is 8.16. The van der Waals surface area contributed by atoms with Gasteiger partial charge in [0.1, 0.15) is 5.75 Å². The molecular formula is C24H38N6O2S2. The van der Waals surface area contributed by atoms with Crippen LogP contribution >= 0.6 is 23.3 Å². The molecule has 0 aliphatic heterocycles. The van der Waals surface area contributed by atoms with Gasteiger partial charge in [-0.1, -0.05) is 53.7 Å². The fourth-order valence-electron chi connectivity index (χ4n) is 3.05. The lowest BCUT2D eigenvalue weighted by atomic mass is 9.76. The van der Waals surface area contributed by atoms with Crippen molar-refractivity contribution in [1.29, 1.82) is 5.41 Å². The standard InChI is InChI=1S/C24H38N6O2S2/c1-8-23(4,5)17-11-12-19(18(15-17)24(6,7)9-2)32-14-10-13-26-20(31)28-29-21-27-22(30-34-21)33-16(3)25/h11-12,15,25H,8-10,13-14H2,1-7H3,(H2,26,28,31)(H,27,29,30). The van der Waals surface area contributed by atoms with Gasteiger partial charge in [-0.15, -0.1) is 0 Å². The van der Waals surface area contributed by atoms with Crippen molar-refractivity contribution in [2.45, 2.75) is 83.7 Å². The van der Waals surface area contributed by atoms with Crippen LogP contribution in [-0.4, -0.2) is 33.6 Å². The van der Waals surface area contributed by atoms with E-state index in [1.807, 2.05) is 0 Å². The first-order valence-corrected chi connectivity index (χ1v) is 13.2. The zero-order valence-corrected chi connectivity index (χ0v) is 22.9. The van der Waals surface area contributed by atoms with Crippen LogP contribution in [0.3, 0.4) is 0 Å². The average molecular weight is 507 g/mol. The highest BCUT2D eigenvalue weighted by atomic mass is 32.2. The van der Waals surface area contributed by atoms with Crippen LogP contribution in [0, 0.1) is 5.41 Å². The number of carbonyl (C=O) groups is 1. The normalized spacial score (nSPS) is 11.7. The number of thioether (sulfide) groups is 1. The summed E-state index contributed by atoms with van der Waals surface area (Å²) in [7, 11) is 0. The van der Waals surface area contributed by atoms with E-state index < -0.39 is 0 Å². The highest BCUT2D eigenvalue weighted by Gasteiger charge is 2.26. The Balaban J connectivity index is 1.83. The molecule has 0 atom stereocenters. The number of nitrogens with zero attached hydrogens (tertiary/aromatic N) is 2. The maximum Gasteiger partial charge on any atom is 0.333 e. The van der Waals surface area contributed by atoms with E-state index in [1.165, 1.54) is 22.9 Å².